The predicted molar refractivity (Wildman–Crippen MR) is 155 cm³/mol. The van der Waals surface area contributed by atoms with Crippen LogP contribution in [0.5, 0.6) is 0 Å². The Morgan fingerprint density at radius 1 is 1.23 bits per heavy atom. The van der Waals surface area contributed by atoms with Gasteiger partial charge in [-0.15, -0.1) is 16.5 Å². The van der Waals surface area contributed by atoms with Crippen LogP contribution in [0.4, 0.5) is 13.2 Å². The van der Waals surface area contributed by atoms with E-state index in [0.717, 1.165) is 29.9 Å². The van der Waals surface area contributed by atoms with E-state index in [1.165, 1.54) is 35.7 Å². The number of halogens is 3. The van der Waals surface area contributed by atoms with Gasteiger partial charge in [-0.1, -0.05) is 22.1 Å². The van der Waals surface area contributed by atoms with Crippen LogP contribution in [0.15, 0.2) is 46.7 Å². The van der Waals surface area contributed by atoms with Crippen molar-refractivity contribution in [2.75, 3.05) is 13.2 Å². The molecule has 43 heavy (non-hydrogen) atoms. The third-order valence-electron chi connectivity index (χ3n) is 7.43. The molecule has 6 rings (SSSR count). The zero-order valence-electron chi connectivity index (χ0n) is 22.6. The molecule has 8 nitrogen and oxygen atoms in total. The van der Waals surface area contributed by atoms with Gasteiger partial charge in [0.25, 0.3) is 0 Å². The van der Waals surface area contributed by atoms with Crippen LogP contribution >= 0.6 is 11.3 Å². The van der Waals surface area contributed by atoms with Crippen molar-refractivity contribution in [2.24, 2.45) is 11.1 Å². The lowest BCUT2D eigenvalue weighted by Crippen LogP contribution is -2.19. The average molecular weight is 628 g/mol. The van der Waals surface area contributed by atoms with Crippen molar-refractivity contribution in [1.82, 2.24) is 14.8 Å². The van der Waals surface area contributed by atoms with Crippen molar-refractivity contribution in [3.05, 3.63) is 81.5 Å². The molecule has 1 aliphatic carbocycles. The molecule has 13 heteroatoms. The summed E-state index contributed by atoms with van der Waals surface area (Å²) < 4.78 is 63.0. The highest BCUT2D eigenvalue weighted by Crippen LogP contribution is 2.38. The Morgan fingerprint density at radius 2 is 2.05 bits per heavy atom. The molecule has 222 valence electrons. The lowest BCUT2D eigenvalue weighted by atomic mass is 9.96. The zero-order valence-corrected chi connectivity index (χ0v) is 24.4. The van der Waals surface area contributed by atoms with Gasteiger partial charge in [0, 0.05) is 29.3 Å². The number of carboxylic acid groups (broad SMARTS) is 1. The van der Waals surface area contributed by atoms with Gasteiger partial charge in [-0.2, -0.15) is 5.10 Å². The number of nitrogens with zero attached hydrogens (tertiary/aromatic N) is 3. The van der Waals surface area contributed by atoms with Crippen LogP contribution in [0.2, 0.25) is 0 Å². The second-order valence-corrected chi connectivity index (χ2v) is 12.6. The summed E-state index contributed by atoms with van der Waals surface area (Å²) in [5, 5.41) is 21.5. The van der Waals surface area contributed by atoms with Gasteiger partial charge in [0.15, 0.2) is 28.2 Å². The minimum atomic E-state index is -2.37. The van der Waals surface area contributed by atoms with Crippen LogP contribution in [-0.4, -0.2) is 44.7 Å². The maximum Gasteiger partial charge on any atom is 0.355 e. The number of hydrogen-bond acceptors (Lipinski definition) is 6. The molecule has 2 atom stereocenters. The molecule has 2 aromatic heterocycles. The van der Waals surface area contributed by atoms with E-state index in [1.54, 1.807) is 10.7 Å². The number of nitrogens with two attached hydrogens (primary N) is 1. The van der Waals surface area contributed by atoms with Crippen LogP contribution in [0.3, 0.4) is 0 Å². The van der Waals surface area contributed by atoms with Gasteiger partial charge in [0.05, 0.1) is 30.2 Å². The third-order valence-corrected chi connectivity index (χ3v) is 9.08. The second-order valence-electron chi connectivity index (χ2n) is 10.7. The zero-order chi connectivity index (χ0) is 30.3. The van der Waals surface area contributed by atoms with Crippen LogP contribution in [-0.2, 0) is 32.8 Å². The number of rotatable bonds is 8. The van der Waals surface area contributed by atoms with Gasteiger partial charge < -0.3 is 9.84 Å². The SMILES string of the molecule is N[SH+](=O)c1ccc(Cc2c(-c3ccc(F)c(C#CC4(F)CCOC4)c3)nn(-c3nc(C(=O)O)cs3)c2CC2CC2)cc1F. The van der Waals surface area contributed by atoms with Crippen LogP contribution < -0.4 is 5.14 Å². The number of thiazole rings is 1. The van der Waals surface area contributed by atoms with Gasteiger partial charge in [0.1, 0.15) is 5.82 Å². The van der Waals surface area contributed by atoms with Crippen molar-refractivity contribution in [2.45, 2.75) is 42.7 Å². The van der Waals surface area contributed by atoms with Gasteiger partial charge >= 0.3 is 5.97 Å². The first kappa shape index (κ1) is 29.3. The van der Waals surface area contributed by atoms with Gasteiger partial charge in [-0.25, -0.2) is 27.6 Å². The number of carbonyl (C=O) groups is 1. The number of hydrogen-bond donors (Lipinski definition) is 2. The van der Waals surface area contributed by atoms with Gasteiger partial charge in [-0.3, -0.25) is 0 Å². The molecule has 4 aromatic rings. The normalized spacial score (nSPS) is 18.8. The predicted octanol–water partition coefficient (Wildman–Crippen LogP) is 4.92. The summed E-state index contributed by atoms with van der Waals surface area (Å²) in [5.74, 6) is 3.03. The highest BCUT2D eigenvalue weighted by molar-refractivity contribution is 7.82. The van der Waals surface area contributed by atoms with Crippen molar-refractivity contribution in [3.63, 3.8) is 0 Å². The maximum atomic E-state index is 14.9. The smallest absolute Gasteiger partial charge is 0.355 e. The van der Waals surface area contributed by atoms with Crippen LogP contribution in [0.25, 0.3) is 16.4 Å². The molecule has 1 saturated heterocycles. The summed E-state index contributed by atoms with van der Waals surface area (Å²) in [5.41, 5.74) is 0.965. The summed E-state index contributed by atoms with van der Waals surface area (Å²) in [6.45, 7) is 0.0578. The Hall–Kier alpha value is -3.83. The lowest BCUT2D eigenvalue weighted by molar-refractivity contribution is 0.0691. The van der Waals surface area contributed by atoms with Gasteiger partial charge in [-0.05, 0) is 61.1 Å². The van der Waals surface area contributed by atoms with Crippen molar-refractivity contribution >= 4 is 28.3 Å². The molecule has 0 bridgehead atoms. The molecule has 2 aromatic carbocycles. The fourth-order valence-corrected chi connectivity index (χ4v) is 6.22. The summed E-state index contributed by atoms with van der Waals surface area (Å²) in [7, 11) is -2.37. The number of benzene rings is 2. The van der Waals surface area contributed by atoms with E-state index >= 15 is 0 Å². The Kier molecular flexibility index (Phi) is 7.95. The molecule has 2 unspecified atom stereocenters. The maximum absolute atomic E-state index is 14.9. The molecule has 1 aliphatic heterocycles. The number of aromatic carboxylic acids is 1. The topological polar surface area (TPSA) is 120 Å². The Labute approximate surface area is 251 Å². The molecular weight excluding hydrogens is 601 g/mol. The van der Waals surface area contributed by atoms with E-state index in [2.05, 4.69) is 16.8 Å². The van der Waals surface area contributed by atoms with Gasteiger partial charge in [0.2, 0.25) is 10.0 Å². The molecule has 1 saturated carbocycles. The highest BCUT2D eigenvalue weighted by Gasteiger charge is 2.33. The molecule has 2 fully saturated rings. The molecular formula is C30H26F3N4O4S2+. The molecule has 0 amide bonds. The second kappa shape index (κ2) is 11.7. The van der Waals surface area contributed by atoms with E-state index < -0.39 is 34.3 Å². The first-order chi connectivity index (χ1) is 20.6. The minimum Gasteiger partial charge on any atom is -0.476 e. The standard InChI is InChI=1S/C30H25F3N4O4S2/c31-22-5-4-20(14-19(22)7-8-30(33)9-10-41-16-30)27-21(11-18-3-6-26(43(34)40)23(32)12-18)25(13-17-1-2-17)37(36-27)29-35-24(15-42-29)28(38)39/h3-6,12,14-15,17H,1-2,9-11,13,16H2,(H2,34,40)(H,38,39)/p+1. The lowest BCUT2D eigenvalue weighted by Gasteiger charge is -2.10. The quantitative estimate of drug-likeness (QED) is 0.163. The fourth-order valence-electron chi connectivity index (χ4n) is 4.96. The molecule has 3 heterocycles. The number of thiol groups is 1. The average Bonchev–Trinajstić information content (AvgIpc) is 3.31. The fraction of sp³-hybridized carbons (Fsp3) is 0.300. The molecule has 0 spiro atoms. The largest absolute Gasteiger partial charge is 0.476 e. The number of alkyl halides is 1. The Bertz CT molecular complexity index is 1820. The number of ether oxygens (including phenoxy) is 1. The number of aromatic nitrogens is 3. The summed E-state index contributed by atoms with van der Waals surface area (Å²) in [4.78, 5) is 15.7. The first-order valence-corrected chi connectivity index (χ1v) is 15.7. The summed E-state index contributed by atoms with van der Waals surface area (Å²) in [6.07, 6.45) is 2.93. The van der Waals surface area contributed by atoms with E-state index in [4.69, 9.17) is 15.0 Å². The minimum absolute atomic E-state index is 0.0183. The van der Waals surface area contributed by atoms with E-state index in [-0.39, 0.29) is 42.2 Å². The van der Waals surface area contributed by atoms with Crippen molar-refractivity contribution in [1.29, 1.82) is 0 Å². The highest BCUT2D eigenvalue weighted by atomic mass is 32.2. The van der Waals surface area contributed by atoms with Crippen LogP contribution in [0.1, 0.15) is 52.1 Å². The summed E-state index contributed by atoms with van der Waals surface area (Å²) >= 11 is 1.12. The molecule has 0 radical (unpaired) electrons. The third kappa shape index (κ3) is 6.28. The van der Waals surface area contributed by atoms with E-state index in [0.29, 0.717) is 39.9 Å². The monoisotopic (exact) mass is 627 g/mol. The number of carboxylic acids is 1. The molecule has 2 aliphatic rings. The van der Waals surface area contributed by atoms with E-state index in [1.807, 2.05) is 0 Å². The van der Waals surface area contributed by atoms with Crippen molar-refractivity contribution < 1.29 is 32.0 Å². The summed E-state index contributed by atoms with van der Waals surface area (Å²) in [6, 6.07) is 8.56. The van der Waals surface area contributed by atoms with Crippen molar-refractivity contribution in [3.8, 4) is 28.2 Å². The molecule has 3 N–H and O–H groups in total. The Morgan fingerprint density at radius 3 is 2.70 bits per heavy atom. The first-order valence-electron chi connectivity index (χ1n) is 13.5. The Balaban J connectivity index is 1.50. The van der Waals surface area contributed by atoms with E-state index in [9.17, 15) is 27.3 Å². The van der Waals surface area contributed by atoms with Crippen LogP contribution in [0, 0.1) is 29.4 Å².